The first-order valence-electron chi connectivity index (χ1n) is 11.2. The van der Waals surface area contributed by atoms with Crippen LogP contribution >= 0.6 is 0 Å². The highest BCUT2D eigenvalue weighted by Gasteiger charge is 2.35. The summed E-state index contributed by atoms with van der Waals surface area (Å²) in [5, 5.41) is 3.48. The van der Waals surface area contributed by atoms with E-state index < -0.39 is 0 Å². The summed E-state index contributed by atoms with van der Waals surface area (Å²) in [6, 6.07) is 13.0. The van der Waals surface area contributed by atoms with Gasteiger partial charge in [-0.05, 0) is 29.7 Å². The van der Waals surface area contributed by atoms with E-state index in [0.717, 1.165) is 16.8 Å². The Labute approximate surface area is 198 Å². The van der Waals surface area contributed by atoms with E-state index >= 15 is 0 Å². The maximum atomic E-state index is 13.4. The van der Waals surface area contributed by atoms with E-state index in [-0.39, 0.29) is 23.7 Å². The van der Waals surface area contributed by atoms with Gasteiger partial charge in [-0.3, -0.25) is 14.2 Å². The number of anilines is 1. The smallest absolute Gasteiger partial charge is 0.302 e. The summed E-state index contributed by atoms with van der Waals surface area (Å²) in [5.74, 6) is 1.39. The molecule has 2 unspecified atom stereocenters. The number of benzene rings is 2. The summed E-state index contributed by atoms with van der Waals surface area (Å²) >= 11 is 0. The fourth-order valence-corrected chi connectivity index (χ4v) is 4.49. The van der Waals surface area contributed by atoms with Crippen LogP contribution in [0, 0.1) is 0 Å². The second kappa shape index (κ2) is 9.59. The van der Waals surface area contributed by atoms with Crippen molar-refractivity contribution in [3.63, 3.8) is 0 Å². The molecule has 1 N–H and O–H groups in total. The molecule has 0 radical (unpaired) electrons. The quantitative estimate of drug-likeness (QED) is 0.535. The molecule has 178 valence electrons. The third-order valence-corrected chi connectivity index (χ3v) is 6.15. The fraction of sp³-hybridized carbons (Fsp3) is 0.346. The van der Waals surface area contributed by atoms with Crippen molar-refractivity contribution in [2.24, 2.45) is 7.05 Å². The average Bonchev–Trinajstić information content (AvgIpc) is 3.18. The topological polar surface area (TPSA) is 91.7 Å². The van der Waals surface area contributed by atoms with E-state index in [1.165, 1.54) is 6.92 Å². The van der Waals surface area contributed by atoms with Crippen molar-refractivity contribution in [1.29, 1.82) is 0 Å². The van der Waals surface area contributed by atoms with Gasteiger partial charge in [-0.25, -0.2) is 4.98 Å². The third kappa shape index (κ3) is 4.23. The number of carbonyl (C=O) groups is 1. The highest BCUT2D eigenvalue weighted by atomic mass is 16.5. The van der Waals surface area contributed by atoms with Crippen LogP contribution in [0.25, 0.3) is 11.3 Å². The molecule has 4 rings (SSSR count). The molecule has 0 aliphatic heterocycles. The largest absolute Gasteiger partial charge is 0.497 e. The zero-order valence-electron chi connectivity index (χ0n) is 20.0. The summed E-state index contributed by atoms with van der Waals surface area (Å²) in [4.78, 5) is 30.0. The highest BCUT2D eigenvalue weighted by molar-refractivity contribution is 5.69. The summed E-state index contributed by atoms with van der Waals surface area (Å²) in [6.45, 7) is 3.39. The van der Waals surface area contributed by atoms with Crippen LogP contribution in [0.4, 0.5) is 5.82 Å². The number of methoxy groups -OCH3 is 2. The molecule has 2 atom stereocenters. The Morgan fingerprint density at radius 1 is 1.18 bits per heavy atom. The lowest BCUT2D eigenvalue weighted by atomic mass is 10.1. The van der Waals surface area contributed by atoms with Crippen molar-refractivity contribution < 1.29 is 19.0 Å². The Kier molecular flexibility index (Phi) is 6.58. The maximum absolute atomic E-state index is 13.4. The van der Waals surface area contributed by atoms with E-state index in [0.29, 0.717) is 41.4 Å². The molecule has 1 aliphatic rings. The van der Waals surface area contributed by atoms with E-state index in [9.17, 15) is 9.59 Å². The summed E-state index contributed by atoms with van der Waals surface area (Å²) < 4.78 is 18.0. The van der Waals surface area contributed by atoms with Gasteiger partial charge in [-0.15, -0.1) is 0 Å². The summed E-state index contributed by atoms with van der Waals surface area (Å²) in [6.07, 6.45) is 0.822. The predicted molar refractivity (Wildman–Crippen MR) is 129 cm³/mol. The van der Waals surface area contributed by atoms with Gasteiger partial charge in [0.2, 0.25) is 0 Å². The van der Waals surface area contributed by atoms with Gasteiger partial charge >= 0.3 is 5.97 Å². The van der Waals surface area contributed by atoms with Gasteiger partial charge in [0.1, 0.15) is 29.1 Å². The number of ether oxygens (including phenoxy) is 3. The molecule has 0 amide bonds. The third-order valence-electron chi connectivity index (χ3n) is 6.15. The van der Waals surface area contributed by atoms with E-state index in [1.807, 2.05) is 31.2 Å². The molecule has 8 heteroatoms. The maximum Gasteiger partial charge on any atom is 0.302 e. The van der Waals surface area contributed by atoms with Gasteiger partial charge in [0.15, 0.2) is 0 Å². The molecule has 0 saturated heterocycles. The molecule has 0 fully saturated rings. The molecule has 1 aliphatic carbocycles. The van der Waals surface area contributed by atoms with Gasteiger partial charge in [0, 0.05) is 32.0 Å². The van der Waals surface area contributed by atoms with Crippen LogP contribution < -0.4 is 20.3 Å². The monoisotopic (exact) mass is 463 g/mol. The minimum Gasteiger partial charge on any atom is -0.497 e. The Morgan fingerprint density at radius 3 is 2.62 bits per heavy atom. The normalized spacial score (nSPS) is 16.6. The van der Waals surface area contributed by atoms with Gasteiger partial charge in [-0.2, -0.15) is 0 Å². The molecule has 3 aromatic rings. The van der Waals surface area contributed by atoms with E-state index in [2.05, 4.69) is 5.32 Å². The minimum absolute atomic E-state index is 0.265. The molecule has 0 spiro atoms. The van der Waals surface area contributed by atoms with Crippen molar-refractivity contribution in [3.05, 3.63) is 69.6 Å². The number of rotatable bonds is 7. The standard InChI is InChI=1S/C26H29N3O5/c1-6-20-25(28-23-18-10-8-7-9-16(18)13-22(23)34-15(2)30)29(3)26(31)24(27-20)19-12-11-17(32-4)14-21(19)33-5/h7-12,14,22-23,28H,6,13H2,1-5H3. The lowest BCUT2D eigenvalue weighted by molar-refractivity contribution is -0.146. The number of nitrogens with zero attached hydrogens (tertiary/aromatic N) is 2. The molecule has 1 aromatic heterocycles. The van der Waals surface area contributed by atoms with E-state index in [1.54, 1.807) is 44.0 Å². The first-order chi connectivity index (χ1) is 16.4. The summed E-state index contributed by atoms with van der Waals surface area (Å²) in [5.41, 5.74) is 3.51. The zero-order chi connectivity index (χ0) is 24.4. The molecule has 8 nitrogen and oxygen atoms in total. The van der Waals surface area contributed by atoms with Crippen LogP contribution in [0.2, 0.25) is 0 Å². The number of hydrogen-bond donors (Lipinski definition) is 1. The second-order valence-electron chi connectivity index (χ2n) is 8.21. The van der Waals surface area contributed by atoms with Crippen LogP contribution in [0.15, 0.2) is 47.3 Å². The molecule has 1 heterocycles. The number of nitrogens with one attached hydrogen (secondary N) is 1. The average molecular weight is 464 g/mol. The minimum atomic E-state index is -0.379. The molecule has 2 aromatic carbocycles. The fourth-order valence-electron chi connectivity index (χ4n) is 4.49. The van der Waals surface area contributed by atoms with Crippen LogP contribution in [0.3, 0.4) is 0 Å². The second-order valence-corrected chi connectivity index (χ2v) is 8.21. The van der Waals surface area contributed by atoms with Crippen molar-refractivity contribution >= 4 is 11.8 Å². The lowest BCUT2D eigenvalue weighted by Crippen LogP contribution is -2.31. The number of aryl methyl sites for hydroxylation is 1. The number of fused-ring (bicyclic) bond motifs is 1. The van der Waals surface area contributed by atoms with Gasteiger partial charge < -0.3 is 19.5 Å². The summed E-state index contributed by atoms with van der Waals surface area (Å²) in [7, 11) is 4.84. The van der Waals surface area contributed by atoms with Crippen LogP contribution in [-0.2, 0) is 29.4 Å². The van der Waals surface area contributed by atoms with Crippen LogP contribution in [-0.4, -0.2) is 35.8 Å². The van der Waals surface area contributed by atoms with Crippen molar-refractivity contribution in [3.8, 4) is 22.8 Å². The number of aromatic nitrogens is 2. The van der Waals surface area contributed by atoms with Crippen molar-refractivity contribution in [1.82, 2.24) is 9.55 Å². The molecular formula is C26H29N3O5. The van der Waals surface area contributed by atoms with Crippen LogP contribution in [0.1, 0.15) is 36.7 Å². The Balaban J connectivity index is 1.79. The first-order valence-corrected chi connectivity index (χ1v) is 11.2. The first kappa shape index (κ1) is 23.4. The Hall–Kier alpha value is -3.81. The Bertz CT molecular complexity index is 1280. The van der Waals surface area contributed by atoms with Crippen LogP contribution in [0.5, 0.6) is 11.5 Å². The number of carbonyl (C=O) groups excluding carboxylic acids is 1. The van der Waals surface area contributed by atoms with E-state index in [4.69, 9.17) is 19.2 Å². The molecular weight excluding hydrogens is 434 g/mol. The predicted octanol–water partition coefficient (Wildman–Crippen LogP) is 3.67. The Morgan fingerprint density at radius 2 is 1.94 bits per heavy atom. The lowest BCUT2D eigenvalue weighted by Gasteiger charge is -2.25. The molecule has 0 bridgehead atoms. The highest BCUT2D eigenvalue weighted by Crippen LogP contribution is 2.37. The van der Waals surface area contributed by atoms with Crippen molar-refractivity contribution in [2.45, 2.75) is 38.8 Å². The molecule has 0 saturated carbocycles. The number of hydrogen-bond acceptors (Lipinski definition) is 7. The van der Waals surface area contributed by atoms with Gasteiger partial charge in [0.25, 0.3) is 5.56 Å². The van der Waals surface area contributed by atoms with Gasteiger partial charge in [0.05, 0.1) is 26.0 Å². The SMILES string of the molecule is CCc1nc(-c2ccc(OC)cc2OC)c(=O)n(C)c1NC1c2ccccc2CC1OC(C)=O. The molecule has 34 heavy (non-hydrogen) atoms. The van der Waals surface area contributed by atoms with Gasteiger partial charge in [-0.1, -0.05) is 31.2 Å². The number of esters is 1. The van der Waals surface area contributed by atoms with Crippen molar-refractivity contribution in [2.75, 3.05) is 19.5 Å². The zero-order valence-corrected chi connectivity index (χ0v) is 20.0.